The van der Waals surface area contributed by atoms with Crippen LogP contribution in [0.5, 0.6) is 5.75 Å². The summed E-state index contributed by atoms with van der Waals surface area (Å²) in [5.74, 6) is -0.428. The van der Waals surface area contributed by atoms with Crippen LogP contribution < -0.4 is 5.32 Å². The van der Waals surface area contributed by atoms with Crippen LogP contribution >= 0.6 is 0 Å². The summed E-state index contributed by atoms with van der Waals surface area (Å²) in [6.07, 6.45) is 0. The first kappa shape index (κ1) is 33.8. The number of rotatable bonds is 9. The molecule has 0 unspecified atom stereocenters. The largest absolute Gasteiger partial charge is 0.505 e. The van der Waals surface area contributed by atoms with E-state index in [9.17, 15) is 18.1 Å². The first-order valence-corrected chi connectivity index (χ1v) is 17.0. The third-order valence-corrected chi connectivity index (χ3v) is 8.84. The van der Waals surface area contributed by atoms with Crippen LogP contribution in [0.3, 0.4) is 0 Å². The fourth-order valence-electron chi connectivity index (χ4n) is 5.23. The summed E-state index contributed by atoms with van der Waals surface area (Å²) in [5, 5.41) is 41.2. The Labute approximate surface area is 289 Å². The van der Waals surface area contributed by atoms with Gasteiger partial charge < -0.3 is 10.4 Å². The maximum absolute atomic E-state index is 12.4. The van der Waals surface area contributed by atoms with Crippen LogP contribution in [0.1, 0.15) is 22.3 Å². The van der Waals surface area contributed by atoms with Gasteiger partial charge in [-0.25, -0.2) is 0 Å². The fourth-order valence-corrected chi connectivity index (χ4v) is 5.89. The number of anilines is 2. The van der Waals surface area contributed by atoms with E-state index in [0.29, 0.717) is 39.1 Å². The summed E-state index contributed by atoms with van der Waals surface area (Å²) < 4.78 is 35.0. The number of para-hydroxylation sites is 1. The van der Waals surface area contributed by atoms with Crippen molar-refractivity contribution >= 4 is 66.4 Å². The van der Waals surface area contributed by atoms with Gasteiger partial charge in [-0.15, -0.1) is 5.11 Å². The van der Waals surface area contributed by atoms with Gasteiger partial charge in [-0.3, -0.25) is 4.55 Å². The smallest absolute Gasteiger partial charge is 0.296 e. The minimum Gasteiger partial charge on any atom is -0.505 e. The number of nitrogens with one attached hydrogen (secondary N) is 1. The molecule has 0 aliphatic rings. The molecular weight excluding hydrogens is 651 g/mol. The van der Waals surface area contributed by atoms with Crippen molar-refractivity contribution in [2.75, 3.05) is 5.32 Å². The predicted octanol–water partition coefficient (Wildman–Crippen LogP) is 12.0. The Balaban J connectivity index is 1.27. The van der Waals surface area contributed by atoms with Crippen LogP contribution in [0.2, 0.25) is 0 Å². The molecule has 6 aromatic carbocycles. The average molecular weight is 684 g/mol. The number of phenols is 1. The van der Waals surface area contributed by atoms with Crippen molar-refractivity contribution in [3.8, 4) is 5.75 Å². The van der Waals surface area contributed by atoms with Gasteiger partial charge in [0.05, 0.1) is 28.4 Å². The van der Waals surface area contributed by atoms with Gasteiger partial charge in [0.25, 0.3) is 10.1 Å². The van der Waals surface area contributed by atoms with Gasteiger partial charge in [-0.05, 0) is 128 Å². The van der Waals surface area contributed by atoms with Gasteiger partial charge in [0.15, 0.2) is 5.75 Å². The van der Waals surface area contributed by atoms with Gasteiger partial charge in [0.1, 0.15) is 10.6 Å². The Morgan fingerprint density at radius 1 is 0.540 bits per heavy atom. The van der Waals surface area contributed by atoms with Crippen molar-refractivity contribution in [1.82, 2.24) is 0 Å². The lowest BCUT2D eigenvalue weighted by Gasteiger charge is -2.12. The van der Waals surface area contributed by atoms with Crippen molar-refractivity contribution in [3.63, 3.8) is 0 Å². The van der Waals surface area contributed by atoms with Crippen molar-refractivity contribution in [2.24, 2.45) is 30.7 Å². The zero-order valence-electron chi connectivity index (χ0n) is 27.7. The molecule has 12 heteroatoms. The SMILES string of the molecule is Cc1cc(N=Nc2cc(C)c(N=Nc3c(S(=O)(=O)O)cc4cc(Nc5ccccc5)ccc4c3O)cc2C)c(C)cc1N=Nc1ccccc1. The zero-order chi connectivity index (χ0) is 35.4. The lowest BCUT2D eigenvalue weighted by atomic mass is 10.1. The summed E-state index contributed by atoms with van der Waals surface area (Å²) in [6, 6.07) is 32.6. The molecule has 3 N–H and O–H groups in total. The summed E-state index contributed by atoms with van der Waals surface area (Å²) in [5.41, 5.74) is 7.56. The monoisotopic (exact) mass is 683 g/mol. The second-order valence-corrected chi connectivity index (χ2v) is 13.1. The maximum Gasteiger partial charge on any atom is 0.296 e. The van der Waals surface area contributed by atoms with Crippen LogP contribution in [-0.2, 0) is 10.1 Å². The van der Waals surface area contributed by atoms with Gasteiger partial charge >= 0.3 is 0 Å². The van der Waals surface area contributed by atoms with Gasteiger partial charge in [-0.1, -0.05) is 36.4 Å². The molecule has 0 saturated heterocycles. The van der Waals surface area contributed by atoms with Crippen LogP contribution in [0, 0.1) is 27.7 Å². The summed E-state index contributed by atoms with van der Waals surface area (Å²) in [6.45, 7) is 7.52. The number of azo groups is 3. The highest BCUT2D eigenvalue weighted by atomic mass is 32.2. The number of fused-ring (bicyclic) bond motifs is 1. The van der Waals surface area contributed by atoms with E-state index in [4.69, 9.17) is 0 Å². The van der Waals surface area contributed by atoms with Crippen LogP contribution in [-0.4, -0.2) is 18.1 Å². The van der Waals surface area contributed by atoms with E-state index in [0.717, 1.165) is 33.8 Å². The second kappa shape index (κ2) is 14.2. The number of hydrogen-bond donors (Lipinski definition) is 3. The standard InChI is InChI=1S/C38H33N7O4S/c1-23-18-33(24(2)17-32(23)41-40-29-13-9-6-10-14-29)42-43-34-19-26(4)35(20-25(34)3)44-45-37-36(50(47,48)49)22-27-21-30(15-16-31(27)38(37)46)39-28-11-7-5-8-12-28/h5-22,39,46H,1-4H3,(H,47,48,49). The number of hydrogen-bond acceptors (Lipinski definition) is 10. The molecule has 0 fully saturated rings. The minimum atomic E-state index is -4.78. The first-order chi connectivity index (χ1) is 24.0. The van der Waals surface area contributed by atoms with Crippen molar-refractivity contribution in [3.05, 3.63) is 131 Å². The van der Waals surface area contributed by atoms with E-state index in [2.05, 4.69) is 36.0 Å². The Morgan fingerprint density at radius 3 is 1.54 bits per heavy atom. The van der Waals surface area contributed by atoms with E-state index in [1.54, 1.807) is 37.3 Å². The number of aryl methyl sites for hydroxylation is 4. The third kappa shape index (κ3) is 7.62. The molecule has 0 bridgehead atoms. The second-order valence-electron chi connectivity index (χ2n) is 11.8. The lowest BCUT2D eigenvalue weighted by Crippen LogP contribution is -1.99. The Hall–Kier alpha value is -6.11. The normalized spacial score (nSPS) is 12.1. The molecule has 6 rings (SSSR count). The molecule has 0 atom stereocenters. The molecular formula is C38H33N7O4S. The number of benzene rings is 6. The summed E-state index contributed by atoms with van der Waals surface area (Å²) >= 11 is 0. The molecule has 0 saturated carbocycles. The van der Waals surface area contributed by atoms with Gasteiger partial charge in [-0.2, -0.15) is 34.0 Å². The Kier molecular flexibility index (Phi) is 9.57. The summed E-state index contributed by atoms with van der Waals surface area (Å²) in [4.78, 5) is -0.568. The summed E-state index contributed by atoms with van der Waals surface area (Å²) in [7, 11) is -4.78. The molecule has 250 valence electrons. The molecule has 0 radical (unpaired) electrons. The maximum atomic E-state index is 12.4. The molecule has 0 amide bonds. The molecule has 50 heavy (non-hydrogen) atoms. The number of nitrogens with zero attached hydrogens (tertiary/aromatic N) is 6. The minimum absolute atomic E-state index is 0.339. The molecule has 0 spiro atoms. The number of aromatic hydroxyl groups is 1. The molecule has 6 aromatic rings. The van der Waals surface area contributed by atoms with Crippen LogP contribution in [0.4, 0.5) is 45.5 Å². The van der Waals surface area contributed by atoms with Crippen molar-refractivity contribution < 1.29 is 18.1 Å². The fraction of sp³-hybridized carbons (Fsp3) is 0.105. The highest BCUT2D eigenvalue weighted by molar-refractivity contribution is 7.86. The van der Waals surface area contributed by atoms with E-state index in [1.165, 1.54) is 6.07 Å². The van der Waals surface area contributed by atoms with Crippen molar-refractivity contribution in [1.29, 1.82) is 0 Å². The molecule has 0 aliphatic heterocycles. The topological polar surface area (TPSA) is 161 Å². The Morgan fingerprint density at radius 2 is 1.02 bits per heavy atom. The van der Waals surface area contributed by atoms with E-state index < -0.39 is 20.8 Å². The average Bonchev–Trinajstić information content (AvgIpc) is 3.09. The van der Waals surface area contributed by atoms with Crippen LogP contribution in [0.15, 0.2) is 145 Å². The van der Waals surface area contributed by atoms with Gasteiger partial charge in [0.2, 0.25) is 0 Å². The van der Waals surface area contributed by atoms with Crippen molar-refractivity contribution in [2.45, 2.75) is 32.6 Å². The quantitative estimate of drug-likeness (QED) is 0.102. The molecule has 11 nitrogen and oxygen atoms in total. The third-order valence-electron chi connectivity index (χ3n) is 7.97. The lowest BCUT2D eigenvalue weighted by molar-refractivity contribution is 0.472. The first-order valence-electron chi connectivity index (χ1n) is 15.6. The van der Waals surface area contributed by atoms with Crippen LogP contribution in [0.25, 0.3) is 10.8 Å². The Bertz CT molecular complexity index is 2430. The molecule has 0 aliphatic carbocycles. The van der Waals surface area contributed by atoms with E-state index >= 15 is 0 Å². The van der Waals surface area contributed by atoms with Gasteiger partial charge in [0, 0.05) is 16.8 Å². The molecule has 0 heterocycles. The van der Waals surface area contributed by atoms with E-state index in [1.807, 2.05) is 93.6 Å². The predicted molar refractivity (Wildman–Crippen MR) is 196 cm³/mol. The number of phenolic OH excluding ortho intramolecular Hbond substituents is 1. The highest BCUT2D eigenvalue weighted by Crippen LogP contribution is 2.43. The van der Waals surface area contributed by atoms with E-state index in [-0.39, 0.29) is 5.69 Å². The zero-order valence-corrected chi connectivity index (χ0v) is 28.5. The molecule has 0 aromatic heterocycles. The highest BCUT2D eigenvalue weighted by Gasteiger charge is 2.22.